The number of hydrogen-bond acceptors (Lipinski definition) is 4. The van der Waals surface area contributed by atoms with Gasteiger partial charge in [0.25, 0.3) is 0 Å². The summed E-state index contributed by atoms with van der Waals surface area (Å²) in [6.45, 7) is 1.84. The molecule has 1 N–H and O–H groups in total. The molecule has 1 atom stereocenters. The van der Waals surface area contributed by atoms with Crippen LogP contribution in [0.5, 0.6) is 0 Å². The molecule has 6 heteroatoms. The lowest BCUT2D eigenvalue weighted by molar-refractivity contribution is -0.154. The summed E-state index contributed by atoms with van der Waals surface area (Å²) in [5.74, 6) is -0.266. The first kappa shape index (κ1) is 14.5. The second-order valence-electron chi connectivity index (χ2n) is 6.38. The lowest BCUT2D eigenvalue weighted by Crippen LogP contribution is -2.64. The molecule has 0 aromatic carbocycles. The lowest BCUT2D eigenvalue weighted by atomic mass is 9.71. The van der Waals surface area contributed by atoms with Gasteiger partial charge in [0.2, 0.25) is 11.8 Å². The monoisotopic (exact) mass is 294 g/mol. The van der Waals surface area contributed by atoms with E-state index in [4.69, 9.17) is 4.74 Å². The third-order valence-corrected chi connectivity index (χ3v) is 5.05. The van der Waals surface area contributed by atoms with Crippen LogP contribution >= 0.6 is 0 Å². The van der Waals surface area contributed by atoms with Crippen molar-refractivity contribution in [3.63, 3.8) is 0 Å². The summed E-state index contributed by atoms with van der Waals surface area (Å²) >= 11 is 0. The number of nitrogens with zero attached hydrogens (tertiary/aromatic N) is 1. The molecule has 2 saturated heterocycles. The third-order valence-electron chi connectivity index (χ3n) is 5.05. The summed E-state index contributed by atoms with van der Waals surface area (Å²) in [4.78, 5) is 38.2. The summed E-state index contributed by atoms with van der Waals surface area (Å²) in [5, 5.41) is 2.39. The maximum Gasteiger partial charge on any atom is 0.330 e. The first-order valence-electron chi connectivity index (χ1n) is 7.89. The molecule has 3 fully saturated rings. The smallest absolute Gasteiger partial charge is 0.330 e. The van der Waals surface area contributed by atoms with Crippen molar-refractivity contribution in [3.05, 3.63) is 0 Å². The van der Waals surface area contributed by atoms with E-state index >= 15 is 0 Å². The van der Waals surface area contributed by atoms with Crippen LogP contribution in [0, 0.1) is 11.3 Å². The zero-order valence-electron chi connectivity index (χ0n) is 12.2. The molecule has 2 aliphatic heterocycles. The molecular weight excluding hydrogens is 272 g/mol. The molecule has 1 unspecified atom stereocenters. The van der Waals surface area contributed by atoms with Gasteiger partial charge in [-0.15, -0.1) is 0 Å². The van der Waals surface area contributed by atoms with Gasteiger partial charge in [-0.3, -0.25) is 19.8 Å². The minimum absolute atomic E-state index is 0.283. The normalized spacial score (nSPS) is 29.0. The average Bonchev–Trinajstić information content (AvgIpc) is 3.00. The molecule has 6 nitrogen and oxygen atoms in total. The van der Waals surface area contributed by atoms with Crippen molar-refractivity contribution in [2.24, 2.45) is 11.3 Å². The fourth-order valence-electron chi connectivity index (χ4n) is 3.65. The van der Waals surface area contributed by atoms with Crippen molar-refractivity contribution in [2.45, 2.75) is 44.9 Å². The number of carbonyl (C=O) groups excluding carboxylic acids is 3. The number of rotatable bonds is 3. The minimum atomic E-state index is -0.988. The van der Waals surface area contributed by atoms with Crippen molar-refractivity contribution >= 4 is 17.8 Å². The van der Waals surface area contributed by atoms with Crippen molar-refractivity contribution in [3.8, 4) is 0 Å². The van der Waals surface area contributed by atoms with Crippen LogP contribution in [0.1, 0.15) is 44.9 Å². The molecule has 1 aliphatic carbocycles. The van der Waals surface area contributed by atoms with E-state index in [1.165, 1.54) is 4.90 Å². The summed E-state index contributed by atoms with van der Waals surface area (Å²) in [6, 6.07) is -0.555. The molecule has 0 aromatic rings. The highest BCUT2D eigenvalue weighted by atomic mass is 16.5. The van der Waals surface area contributed by atoms with Gasteiger partial charge in [0, 0.05) is 19.8 Å². The Balaban J connectivity index is 1.71. The van der Waals surface area contributed by atoms with Crippen molar-refractivity contribution < 1.29 is 19.1 Å². The molecule has 2 heterocycles. The minimum Gasteiger partial charge on any atom is -0.381 e. The first-order valence-corrected chi connectivity index (χ1v) is 7.89. The highest BCUT2D eigenvalue weighted by Crippen LogP contribution is 2.40. The number of hydrogen-bond donors (Lipinski definition) is 1. The van der Waals surface area contributed by atoms with E-state index in [-0.39, 0.29) is 5.91 Å². The van der Waals surface area contributed by atoms with E-state index < -0.39 is 17.4 Å². The molecule has 4 amide bonds. The van der Waals surface area contributed by atoms with Crippen LogP contribution in [0.25, 0.3) is 0 Å². The Labute approximate surface area is 124 Å². The van der Waals surface area contributed by atoms with Crippen LogP contribution < -0.4 is 5.32 Å². The van der Waals surface area contributed by atoms with Gasteiger partial charge in [0.15, 0.2) is 0 Å². The zero-order chi connectivity index (χ0) is 14.9. The van der Waals surface area contributed by atoms with Crippen molar-refractivity contribution in [1.82, 2.24) is 10.2 Å². The van der Waals surface area contributed by atoms with Crippen LogP contribution in [0.3, 0.4) is 0 Å². The summed E-state index contributed by atoms with van der Waals surface area (Å²) in [5.41, 5.74) is -0.988. The predicted octanol–water partition coefficient (Wildman–Crippen LogP) is 1.44. The highest BCUT2D eigenvalue weighted by molar-refractivity contribution is 6.19. The fraction of sp³-hybridized carbons (Fsp3) is 0.800. The van der Waals surface area contributed by atoms with Crippen LogP contribution in [0.2, 0.25) is 0 Å². The summed E-state index contributed by atoms with van der Waals surface area (Å²) in [7, 11) is 0. The van der Waals surface area contributed by atoms with E-state index in [1.54, 1.807) is 0 Å². The molecule has 0 radical (unpaired) electrons. The van der Waals surface area contributed by atoms with Gasteiger partial charge in [0.1, 0.15) is 5.41 Å². The summed E-state index contributed by atoms with van der Waals surface area (Å²) < 4.78 is 5.32. The fourth-order valence-corrected chi connectivity index (χ4v) is 3.65. The van der Waals surface area contributed by atoms with Crippen molar-refractivity contribution in [2.75, 3.05) is 19.8 Å². The van der Waals surface area contributed by atoms with Crippen LogP contribution in [-0.2, 0) is 14.3 Å². The molecule has 3 aliphatic rings. The molecule has 1 saturated carbocycles. The third kappa shape index (κ3) is 2.57. The quantitative estimate of drug-likeness (QED) is 0.799. The van der Waals surface area contributed by atoms with Gasteiger partial charge in [-0.1, -0.05) is 19.3 Å². The Kier molecular flexibility index (Phi) is 3.97. The van der Waals surface area contributed by atoms with Gasteiger partial charge in [-0.05, 0) is 31.6 Å². The maximum absolute atomic E-state index is 12.7. The van der Waals surface area contributed by atoms with Gasteiger partial charge in [-0.25, -0.2) is 4.79 Å². The van der Waals surface area contributed by atoms with Crippen LogP contribution in [0.15, 0.2) is 0 Å². The average molecular weight is 294 g/mol. The standard InChI is InChI=1S/C15H22N2O4/c18-12-15(6-2-1-3-7-15)13(19)17(14(20)16-12)8-4-11-5-9-21-10-11/h11H,1-10H2,(H,16,18,20). The number of barbiturate groups is 1. The van der Waals surface area contributed by atoms with Gasteiger partial charge >= 0.3 is 6.03 Å². The number of carbonyl (C=O) groups is 3. The number of imide groups is 2. The Hall–Kier alpha value is -1.43. The number of urea groups is 1. The second-order valence-corrected chi connectivity index (χ2v) is 6.38. The molecule has 0 aromatic heterocycles. The maximum atomic E-state index is 12.7. The molecule has 0 bridgehead atoms. The van der Waals surface area contributed by atoms with Gasteiger partial charge in [0.05, 0.1) is 0 Å². The largest absolute Gasteiger partial charge is 0.381 e. The number of ether oxygens (including phenoxy) is 1. The Morgan fingerprint density at radius 2 is 1.95 bits per heavy atom. The van der Waals surface area contributed by atoms with Crippen molar-refractivity contribution in [1.29, 1.82) is 0 Å². The molecular formula is C15H22N2O4. The van der Waals surface area contributed by atoms with Crippen LogP contribution in [0.4, 0.5) is 4.79 Å². The summed E-state index contributed by atoms with van der Waals surface area (Å²) in [6.07, 6.45) is 5.66. The molecule has 21 heavy (non-hydrogen) atoms. The number of nitrogens with one attached hydrogen (secondary N) is 1. The topological polar surface area (TPSA) is 75.7 Å². The number of amides is 4. The van der Waals surface area contributed by atoms with E-state index in [0.717, 1.165) is 38.7 Å². The van der Waals surface area contributed by atoms with E-state index in [0.29, 0.717) is 31.9 Å². The first-order chi connectivity index (χ1) is 10.1. The predicted molar refractivity (Wildman–Crippen MR) is 74.3 cm³/mol. The highest BCUT2D eigenvalue weighted by Gasteiger charge is 2.53. The Morgan fingerprint density at radius 3 is 2.62 bits per heavy atom. The van der Waals surface area contributed by atoms with Gasteiger partial charge < -0.3 is 4.74 Å². The second kappa shape index (κ2) is 5.75. The zero-order valence-corrected chi connectivity index (χ0v) is 12.2. The van der Waals surface area contributed by atoms with Crippen LogP contribution in [-0.4, -0.2) is 42.5 Å². The van der Waals surface area contributed by atoms with E-state index in [1.807, 2.05) is 0 Å². The van der Waals surface area contributed by atoms with Gasteiger partial charge in [-0.2, -0.15) is 0 Å². The SMILES string of the molecule is O=C1NC(=O)C2(CCCCC2)C(=O)N1CCC1CCOC1. The van der Waals surface area contributed by atoms with E-state index in [2.05, 4.69) is 5.32 Å². The molecule has 116 valence electrons. The molecule has 3 rings (SSSR count). The Bertz CT molecular complexity index is 451. The van der Waals surface area contributed by atoms with E-state index in [9.17, 15) is 14.4 Å². The molecule has 1 spiro atoms. The Morgan fingerprint density at radius 1 is 1.19 bits per heavy atom. The lowest BCUT2D eigenvalue weighted by Gasteiger charge is -2.41.